The number of aromatic carboxylic acids is 1. The summed E-state index contributed by atoms with van der Waals surface area (Å²) < 4.78 is 0. The lowest BCUT2D eigenvalue weighted by Crippen LogP contribution is -1.95. The van der Waals surface area contributed by atoms with Crippen molar-refractivity contribution in [1.29, 1.82) is 5.26 Å². The highest BCUT2D eigenvalue weighted by Gasteiger charge is 2.11. The van der Waals surface area contributed by atoms with E-state index in [0.29, 0.717) is 16.8 Å². The summed E-state index contributed by atoms with van der Waals surface area (Å²) in [6, 6.07) is 10.3. The lowest BCUT2D eigenvalue weighted by atomic mass is 10.1. The topological polar surface area (TPSA) is 89.8 Å². The Balaban J connectivity index is 2.51. The summed E-state index contributed by atoms with van der Waals surface area (Å²) in [4.78, 5) is 10.7. The lowest BCUT2D eigenvalue weighted by molar-refractivity contribution is 0.0690. The van der Waals surface area contributed by atoms with Gasteiger partial charge in [0.05, 0.1) is 17.3 Å². The molecular weight excluding hydrogens is 206 g/mol. The molecule has 1 aromatic heterocycles. The summed E-state index contributed by atoms with van der Waals surface area (Å²) in [5.74, 6) is -1.08. The summed E-state index contributed by atoms with van der Waals surface area (Å²) in [5.41, 5.74) is 1.54. The van der Waals surface area contributed by atoms with Gasteiger partial charge in [-0.25, -0.2) is 4.79 Å². The molecule has 0 saturated heterocycles. The highest BCUT2D eigenvalue weighted by Crippen LogP contribution is 2.21. The first-order valence-electron chi connectivity index (χ1n) is 4.50. The van der Waals surface area contributed by atoms with E-state index in [1.165, 1.54) is 6.07 Å². The van der Waals surface area contributed by atoms with Crippen molar-refractivity contribution in [1.82, 2.24) is 10.2 Å². The van der Waals surface area contributed by atoms with E-state index in [4.69, 9.17) is 10.4 Å². The Hall–Kier alpha value is -2.61. The van der Waals surface area contributed by atoms with Crippen molar-refractivity contribution < 1.29 is 9.90 Å². The second kappa shape index (κ2) is 3.87. The summed E-state index contributed by atoms with van der Waals surface area (Å²) in [6.45, 7) is 0. The van der Waals surface area contributed by atoms with Gasteiger partial charge in [-0.1, -0.05) is 18.2 Å². The third kappa shape index (κ3) is 1.64. The number of carboxylic acids is 1. The Morgan fingerprint density at radius 2 is 2.19 bits per heavy atom. The minimum absolute atomic E-state index is 0.00254. The number of benzene rings is 1. The fraction of sp³-hybridized carbons (Fsp3) is 0. The second-order valence-corrected chi connectivity index (χ2v) is 3.13. The van der Waals surface area contributed by atoms with Gasteiger partial charge in [-0.2, -0.15) is 10.4 Å². The molecule has 2 aromatic rings. The second-order valence-electron chi connectivity index (χ2n) is 3.13. The number of aromatic amines is 1. The minimum Gasteiger partial charge on any atom is -0.477 e. The molecule has 0 fully saturated rings. The van der Waals surface area contributed by atoms with E-state index in [9.17, 15) is 4.79 Å². The Bertz CT molecular complexity index is 581. The SMILES string of the molecule is N#Cc1ccccc1-c1cc(C(=O)O)[nH]n1. The van der Waals surface area contributed by atoms with Crippen molar-refractivity contribution in [2.45, 2.75) is 0 Å². The van der Waals surface area contributed by atoms with Crippen LogP contribution in [0.5, 0.6) is 0 Å². The number of rotatable bonds is 2. The number of carbonyl (C=O) groups is 1. The van der Waals surface area contributed by atoms with Crippen molar-refractivity contribution in [3.63, 3.8) is 0 Å². The molecule has 2 rings (SSSR count). The van der Waals surface area contributed by atoms with Crippen molar-refractivity contribution in [2.75, 3.05) is 0 Å². The fourth-order valence-corrected chi connectivity index (χ4v) is 1.37. The van der Waals surface area contributed by atoms with E-state index in [0.717, 1.165) is 0 Å². The maximum absolute atomic E-state index is 10.7. The molecule has 0 unspecified atom stereocenters. The molecule has 2 N–H and O–H groups in total. The molecule has 0 aliphatic heterocycles. The minimum atomic E-state index is -1.08. The monoisotopic (exact) mass is 213 g/mol. The first-order chi connectivity index (χ1) is 7.72. The van der Waals surface area contributed by atoms with Crippen LogP contribution in [-0.2, 0) is 0 Å². The molecule has 0 spiro atoms. The molecule has 0 radical (unpaired) electrons. The number of nitrogens with one attached hydrogen (secondary N) is 1. The molecule has 0 saturated carbocycles. The molecule has 0 aliphatic carbocycles. The predicted molar refractivity (Wildman–Crippen MR) is 55.7 cm³/mol. The van der Waals surface area contributed by atoms with Gasteiger partial charge in [0.25, 0.3) is 0 Å². The molecule has 0 bridgehead atoms. The van der Waals surface area contributed by atoms with Crippen molar-refractivity contribution in [2.24, 2.45) is 0 Å². The Morgan fingerprint density at radius 3 is 2.81 bits per heavy atom. The van der Waals surface area contributed by atoms with Crippen LogP contribution < -0.4 is 0 Å². The molecule has 5 heteroatoms. The molecule has 78 valence electrons. The quantitative estimate of drug-likeness (QED) is 0.793. The first-order valence-corrected chi connectivity index (χ1v) is 4.50. The van der Waals surface area contributed by atoms with Crippen molar-refractivity contribution >= 4 is 5.97 Å². The lowest BCUT2D eigenvalue weighted by Gasteiger charge is -1.97. The molecule has 16 heavy (non-hydrogen) atoms. The van der Waals surface area contributed by atoms with Crippen molar-refractivity contribution in [3.8, 4) is 17.3 Å². The van der Waals surface area contributed by atoms with E-state index in [1.54, 1.807) is 24.3 Å². The van der Waals surface area contributed by atoms with Crippen LogP contribution in [0.1, 0.15) is 16.1 Å². The fourth-order valence-electron chi connectivity index (χ4n) is 1.37. The average molecular weight is 213 g/mol. The van der Waals surface area contributed by atoms with Gasteiger partial charge >= 0.3 is 5.97 Å². The zero-order chi connectivity index (χ0) is 11.5. The van der Waals surface area contributed by atoms with Gasteiger partial charge in [-0.3, -0.25) is 5.10 Å². The zero-order valence-corrected chi connectivity index (χ0v) is 8.14. The maximum Gasteiger partial charge on any atom is 0.353 e. The highest BCUT2D eigenvalue weighted by molar-refractivity contribution is 5.87. The van der Waals surface area contributed by atoms with E-state index >= 15 is 0 Å². The zero-order valence-electron chi connectivity index (χ0n) is 8.14. The smallest absolute Gasteiger partial charge is 0.353 e. The number of H-pyrrole nitrogens is 1. The largest absolute Gasteiger partial charge is 0.477 e. The van der Waals surface area contributed by atoms with Crippen LogP contribution in [0.15, 0.2) is 30.3 Å². The van der Waals surface area contributed by atoms with Gasteiger partial charge in [0.2, 0.25) is 0 Å². The molecular formula is C11H7N3O2. The molecule has 0 aliphatic rings. The van der Waals surface area contributed by atoms with Gasteiger partial charge in [0.1, 0.15) is 5.69 Å². The first kappa shape index (κ1) is 9.93. The maximum atomic E-state index is 10.7. The number of nitrogens with zero attached hydrogens (tertiary/aromatic N) is 2. The normalized spacial score (nSPS) is 9.69. The standard InChI is InChI=1S/C11H7N3O2/c12-6-7-3-1-2-4-8(7)9-5-10(11(15)16)14-13-9/h1-5H,(H,13,14)(H,15,16). The van der Waals surface area contributed by atoms with E-state index in [-0.39, 0.29) is 5.69 Å². The summed E-state index contributed by atoms with van der Waals surface area (Å²) in [7, 11) is 0. The summed E-state index contributed by atoms with van der Waals surface area (Å²) >= 11 is 0. The predicted octanol–water partition coefficient (Wildman–Crippen LogP) is 1.65. The van der Waals surface area contributed by atoms with Crippen LogP contribution in [0.3, 0.4) is 0 Å². The molecule has 1 heterocycles. The van der Waals surface area contributed by atoms with Gasteiger partial charge in [0, 0.05) is 5.56 Å². The summed E-state index contributed by atoms with van der Waals surface area (Å²) in [6.07, 6.45) is 0. The Morgan fingerprint density at radius 1 is 1.44 bits per heavy atom. The van der Waals surface area contributed by atoms with Crippen LogP contribution in [0, 0.1) is 11.3 Å². The number of aromatic nitrogens is 2. The number of carboxylic acid groups (broad SMARTS) is 1. The van der Waals surface area contributed by atoms with Gasteiger partial charge < -0.3 is 5.11 Å². The summed E-state index contributed by atoms with van der Waals surface area (Å²) in [5, 5.41) is 23.9. The van der Waals surface area contributed by atoms with E-state index in [2.05, 4.69) is 10.2 Å². The third-order valence-corrected chi connectivity index (χ3v) is 2.13. The third-order valence-electron chi connectivity index (χ3n) is 2.13. The number of hydrogen-bond acceptors (Lipinski definition) is 3. The van der Waals surface area contributed by atoms with Crippen LogP contribution in [0.2, 0.25) is 0 Å². The molecule has 1 aromatic carbocycles. The van der Waals surface area contributed by atoms with Crippen LogP contribution in [-0.4, -0.2) is 21.3 Å². The Labute approximate surface area is 91.0 Å². The van der Waals surface area contributed by atoms with Gasteiger partial charge in [-0.15, -0.1) is 0 Å². The highest BCUT2D eigenvalue weighted by atomic mass is 16.4. The van der Waals surface area contributed by atoms with E-state index in [1.807, 2.05) is 6.07 Å². The van der Waals surface area contributed by atoms with Crippen LogP contribution >= 0.6 is 0 Å². The van der Waals surface area contributed by atoms with E-state index < -0.39 is 5.97 Å². The number of nitriles is 1. The molecule has 0 atom stereocenters. The average Bonchev–Trinajstić information content (AvgIpc) is 2.78. The molecule has 5 nitrogen and oxygen atoms in total. The van der Waals surface area contributed by atoms with Gasteiger partial charge in [-0.05, 0) is 12.1 Å². The molecule has 0 amide bonds. The van der Waals surface area contributed by atoms with Crippen LogP contribution in [0.25, 0.3) is 11.3 Å². The van der Waals surface area contributed by atoms with Crippen molar-refractivity contribution in [3.05, 3.63) is 41.6 Å². The van der Waals surface area contributed by atoms with Crippen LogP contribution in [0.4, 0.5) is 0 Å². The van der Waals surface area contributed by atoms with Gasteiger partial charge in [0.15, 0.2) is 0 Å². The number of hydrogen-bond donors (Lipinski definition) is 2. The Kier molecular flexibility index (Phi) is 2.40.